The molecule has 6 nitrogen and oxygen atoms in total. The highest BCUT2D eigenvalue weighted by Gasteiger charge is 2.34. The Balaban J connectivity index is 1.68. The molecule has 0 N–H and O–H groups in total. The predicted octanol–water partition coefficient (Wildman–Crippen LogP) is 2.71. The maximum Gasteiger partial charge on any atom is 0.387 e. The minimum atomic E-state index is -4.40. The van der Waals surface area contributed by atoms with Gasteiger partial charge >= 0.3 is 6.61 Å². The average Bonchev–Trinajstić information content (AvgIpc) is 2.67. The number of carbonyl (C=O) groups excluding carboxylic acids is 1. The Morgan fingerprint density at radius 3 is 2.00 bits per heavy atom. The molecule has 1 heterocycles. The first-order valence-electron chi connectivity index (χ1n) is 8.48. The topological polar surface area (TPSA) is 66.9 Å². The molecule has 0 saturated carbocycles. The molecule has 3 rings (SSSR count). The Labute approximate surface area is 164 Å². The molecule has 0 bridgehead atoms. The molecular weight excluding hydrogens is 416 g/mol. The normalized spacial score (nSPS) is 15.6. The number of ether oxygens (including phenoxy) is 1. The van der Waals surface area contributed by atoms with Crippen molar-refractivity contribution >= 4 is 15.9 Å². The third-order valence-electron chi connectivity index (χ3n) is 4.37. The molecule has 0 aromatic heterocycles. The Morgan fingerprint density at radius 1 is 0.931 bits per heavy atom. The van der Waals surface area contributed by atoms with Gasteiger partial charge in [-0.1, -0.05) is 6.07 Å². The average molecular weight is 432 g/mol. The number of amides is 1. The van der Waals surface area contributed by atoms with Crippen LogP contribution in [0.2, 0.25) is 0 Å². The van der Waals surface area contributed by atoms with E-state index in [4.69, 9.17) is 0 Å². The number of rotatable bonds is 5. The Bertz CT molecular complexity index is 971. The standard InChI is InChI=1S/C18H16F4N2O4S/c19-14-2-1-3-15(20)16(14)29(26,27)24-10-8-23(9-11-24)17(25)12-4-6-13(7-5-12)28-18(21)22/h1-7,18H,8-11H2. The number of nitrogens with zero attached hydrogens (tertiary/aromatic N) is 2. The zero-order chi connectivity index (χ0) is 21.2. The smallest absolute Gasteiger partial charge is 0.387 e. The third kappa shape index (κ3) is 4.51. The fourth-order valence-corrected chi connectivity index (χ4v) is 4.48. The van der Waals surface area contributed by atoms with Gasteiger partial charge in [0.25, 0.3) is 5.91 Å². The summed E-state index contributed by atoms with van der Waals surface area (Å²) in [5, 5.41) is 0. The maximum atomic E-state index is 13.9. The van der Waals surface area contributed by atoms with Crippen LogP contribution in [0.25, 0.3) is 0 Å². The highest BCUT2D eigenvalue weighted by molar-refractivity contribution is 7.89. The third-order valence-corrected chi connectivity index (χ3v) is 6.32. The SMILES string of the molecule is O=C(c1ccc(OC(F)F)cc1)N1CCN(S(=O)(=O)c2c(F)cccc2F)CC1. The molecule has 156 valence electrons. The van der Waals surface area contributed by atoms with Crippen LogP contribution >= 0.6 is 0 Å². The largest absolute Gasteiger partial charge is 0.435 e. The minimum Gasteiger partial charge on any atom is -0.435 e. The van der Waals surface area contributed by atoms with Gasteiger partial charge in [-0.15, -0.1) is 0 Å². The molecule has 11 heteroatoms. The molecule has 1 saturated heterocycles. The van der Waals surface area contributed by atoms with Gasteiger partial charge in [-0.2, -0.15) is 13.1 Å². The molecule has 0 unspecified atom stereocenters. The van der Waals surface area contributed by atoms with E-state index in [0.717, 1.165) is 22.5 Å². The van der Waals surface area contributed by atoms with Crippen LogP contribution in [0.3, 0.4) is 0 Å². The molecule has 1 amide bonds. The van der Waals surface area contributed by atoms with Gasteiger partial charge in [0, 0.05) is 31.7 Å². The highest BCUT2D eigenvalue weighted by Crippen LogP contribution is 2.24. The van der Waals surface area contributed by atoms with Gasteiger partial charge in [-0.05, 0) is 36.4 Å². The van der Waals surface area contributed by atoms with Crippen molar-refractivity contribution in [1.29, 1.82) is 0 Å². The Morgan fingerprint density at radius 2 is 1.48 bits per heavy atom. The second-order valence-electron chi connectivity index (χ2n) is 6.15. The molecule has 0 spiro atoms. The number of hydrogen-bond donors (Lipinski definition) is 0. The Hall–Kier alpha value is -2.66. The monoisotopic (exact) mass is 432 g/mol. The first-order chi connectivity index (χ1) is 13.7. The van der Waals surface area contributed by atoms with E-state index in [-0.39, 0.29) is 37.5 Å². The van der Waals surface area contributed by atoms with Crippen LogP contribution < -0.4 is 4.74 Å². The summed E-state index contributed by atoms with van der Waals surface area (Å²) in [6, 6.07) is 7.87. The van der Waals surface area contributed by atoms with Crippen LogP contribution in [-0.4, -0.2) is 56.3 Å². The molecule has 0 radical (unpaired) electrons. The van der Waals surface area contributed by atoms with Gasteiger partial charge in [0.15, 0.2) is 4.90 Å². The van der Waals surface area contributed by atoms with E-state index in [2.05, 4.69) is 4.74 Å². The number of benzene rings is 2. The number of piperazine rings is 1. The lowest BCUT2D eigenvalue weighted by Gasteiger charge is -2.34. The first-order valence-corrected chi connectivity index (χ1v) is 9.92. The Kier molecular flexibility index (Phi) is 6.08. The van der Waals surface area contributed by atoms with Crippen LogP contribution in [-0.2, 0) is 10.0 Å². The number of hydrogen-bond acceptors (Lipinski definition) is 4. The van der Waals surface area contributed by atoms with Crippen molar-refractivity contribution in [3.63, 3.8) is 0 Å². The van der Waals surface area contributed by atoms with Crippen molar-refractivity contribution in [3.8, 4) is 5.75 Å². The zero-order valence-electron chi connectivity index (χ0n) is 14.9. The molecule has 2 aromatic carbocycles. The zero-order valence-corrected chi connectivity index (χ0v) is 15.7. The fourth-order valence-electron chi connectivity index (χ4n) is 2.95. The van der Waals surface area contributed by atoms with E-state index < -0.39 is 39.1 Å². The van der Waals surface area contributed by atoms with E-state index in [1.807, 2.05) is 0 Å². The van der Waals surface area contributed by atoms with Gasteiger partial charge < -0.3 is 9.64 Å². The van der Waals surface area contributed by atoms with Crippen LogP contribution in [0.1, 0.15) is 10.4 Å². The van der Waals surface area contributed by atoms with Crippen LogP contribution in [0.4, 0.5) is 17.6 Å². The van der Waals surface area contributed by atoms with Crippen molar-refractivity contribution in [2.24, 2.45) is 0 Å². The number of alkyl halides is 2. The molecule has 0 aliphatic carbocycles. The summed E-state index contributed by atoms with van der Waals surface area (Å²) in [6.45, 7) is -3.26. The first kappa shape index (κ1) is 21.1. The summed E-state index contributed by atoms with van der Waals surface area (Å²) < 4.78 is 82.4. The summed E-state index contributed by atoms with van der Waals surface area (Å²) in [7, 11) is -4.40. The lowest BCUT2D eigenvalue weighted by atomic mass is 10.2. The molecule has 1 aliphatic heterocycles. The minimum absolute atomic E-state index is 0.00339. The quantitative estimate of drug-likeness (QED) is 0.682. The van der Waals surface area contributed by atoms with Gasteiger partial charge in [0.2, 0.25) is 10.0 Å². The molecule has 1 aliphatic rings. The van der Waals surface area contributed by atoms with E-state index in [1.54, 1.807) is 0 Å². The van der Waals surface area contributed by atoms with Gasteiger partial charge in [-0.25, -0.2) is 17.2 Å². The van der Waals surface area contributed by atoms with Gasteiger partial charge in [0.05, 0.1) is 0 Å². The van der Waals surface area contributed by atoms with Crippen LogP contribution in [0.15, 0.2) is 47.4 Å². The summed E-state index contributed by atoms with van der Waals surface area (Å²) >= 11 is 0. The highest BCUT2D eigenvalue weighted by atomic mass is 32.2. The van der Waals surface area contributed by atoms with Crippen molar-refractivity contribution in [2.45, 2.75) is 11.5 Å². The molecule has 1 fully saturated rings. The number of halogens is 4. The lowest BCUT2D eigenvalue weighted by molar-refractivity contribution is -0.0498. The fraction of sp³-hybridized carbons (Fsp3) is 0.278. The summed E-state index contributed by atoms with van der Waals surface area (Å²) in [5.74, 6) is -2.90. The summed E-state index contributed by atoms with van der Waals surface area (Å²) in [4.78, 5) is 12.9. The van der Waals surface area contributed by atoms with Crippen LogP contribution in [0.5, 0.6) is 5.75 Å². The predicted molar refractivity (Wildman–Crippen MR) is 94.1 cm³/mol. The number of carbonyl (C=O) groups is 1. The van der Waals surface area contributed by atoms with Crippen molar-refractivity contribution in [3.05, 3.63) is 59.7 Å². The second kappa shape index (κ2) is 8.37. The van der Waals surface area contributed by atoms with E-state index >= 15 is 0 Å². The lowest BCUT2D eigenvalue weighted by Crippen LogP contribution is -2.50. The van der Waals surface area contributed by atoms with Crippen molar-refractivity contribution in [2.75, 3.05) is 26.2 Å². The van der Waals surface area contributed by atoms with Crippen molar-refractivity contribution < 1.29 is 35.5 Å². The number of sulfonamides is 1. The van der Waals surface area contributed by atoms with Gasteiger partial charge in [-0.3, -0.25) is 4.79 Å². The second-order valence-corrected chi connectivity index (χ2v) is 8.02. The molecular formula is C18H16F4N2O4S. The van der Waals surface area contributed by atoms with Crippen molar-refractivity contribution in [1.82, 2.24) is 9.21 Å². The van der Waals surface area contributed by atoms with Crippen LogP contribution in [0, 0.1) is 11.6 Å². The maximum absolute atomic E-state index is 13.9. The van der Waals surface area contributed by atoms with E-state index in [0.29, 0.717) is 0 Å². The molecule has 0 atom stereocenters. The molecule has 2 aromatic rings. The molecule has 29 heavy (non-hydrogen) atoms. The van der Waals surface area contributed by atoms with Gasteiger partial charge in [0.1, 0.15) is 17.4 Å². The van der Waals surface area contributed by atoms with E-state index in [1.165, 1.54) is 29.2 Å². The summed E-state index contributed by atoms with van der Waals surface area (Å²) in [5.41, 5.74) is 0.211. The van der Waals surface area contributed by atoms with E-state index in [9.17, 15) is 30.8 Å². The summed E-state index contributed by atoms with van der Waals surface area (Å²) in [6.07, 6.45) is 0.